The van der Waals surface area contributed by atoms with Crippen molar-refractivity contribution in [1.82, 2.24) is 10.2 Å². The Balaban J connectivity index is 2.57. The van der Waals surface area contributed by atoms with Crippen molar-refractivity contribution in [3.8, 4) is 0 Å². The van der Waals surface area contributed by atoms with Gasteiger partial charge < -0.3 is 10.2 Å². The number of likely N-dealkylation sites (N-methyl/N-ethyl adjacent to an activating group) is 1. The molecule has 0 saturated carbocycles. The second kappa shape index (κ2) is 7.88. The van der Waals surface area contributed by atoms with Crippen LogP contribution in [0.25, 0.3) is 0 Å². The molecule has 0 heterocycles. The average molecular weight is 248 g/mol. The summed E-state index contributed by atoms with van der Waals surface area (Å²) in [5.41, 5.74) is 1.18. The summed E-state index contributed by atoms with van der Waals surface area (Å²) in [5.74, 6) is 0.176. The third-order valence-corrected chi connectivity index (χ3v) is 2.98. The SMILES string of the molecule is CCCNC(C)C(=O)N(CC)Cc1ccccc1. The molecule has 0 radical (unpaired) electrons. The maximum atomic E-state index is 12.2. The summed E-state index contributed by atoms with van der Waals surface area (Å²) < 4.78 is 0. The molecule has 1 unspecified atom stereocenters. The van der Waals surface area contributed by atoms with Gasteiger partial charge in [-0.1, -0.05) is 37.3 Å². The molecule has 0 spiro atoms. The van der Waals surface area contributed by atoms with E-state index in [1.54, 1.807) is 0 Å². The highest BCUT2D eigenvalue weighted by Gasteiger charge is 2.18. The van der Waals surface area contributed by atoms with Gasteiger partial charge in [0.1, 0.15) is 0 Å². The quantitative estimate of drug-likeness (QED) is 0.803. The minimum Gasteiger partial charge on any atom is -0.337 e. The molecule has 1 atom stereocenters. The Labute approximate surface area is 110 Å². The van der Waals surface area contributed by atoms with Crippen LogP contribution in [-0.2, 0) is 11.3 Å². The van der Waals surface area contributed by atoms with E-state index in [2.05, 4.69) is 24.4 Å². The predicted octanol–water partition coefficient (Wildman–Crippen LogP) is 2.42. The zero-order chi connectivity index (χ0) is 13.4. The molecule has 100 valence electrons. The van der Waals surface area contributed by atoms with Crippen molar-refractivity contribution >= 4 is 5.91 Å². The van der Waals surface area contributed by atoms with Gasteiger partial charge in [-0.05, 0) is 32.4 Å². The number of amides is 1. The maximum Gasteiger partial charge on any atom is 0.239 e. The van der Waals surface area contributed by atoms with Crippen molar-refractivity contribution in [3.63, 3.8) is 0 Å². The number of benzene rings is 1. The number of hydrogen-bond donors (Lipinski definition) is 1. The Kier molecular flexibility index (Phi) is 6.44. The highest BCUT2D eigenvalue weighted by atomic mass is 16.2. The van der Waals surface area contributed by atoms with Gasteiger partial charge in [-0.2, -0.15) is 0 Å². The molecule has 1 aromatic carbocycles. The summed E-state index contributed by atoms with van der Waals surface area (Å²) in [7, 11) is 0. The van der Waals surface area contributed by atoms with Crippen LogP contribution in [0.5, 0.6) is 0 Å². The van der Waals surface area contributed by atoms with E-state index < -0.39 is 0 Å². The fourth-order valence-corrected chi connectivity index (χ4v) is 1.87. The first-order chi connectivity index (χ1) is 8.69. The summed E-state index contributed by atoms with van der Waals surface area (Å²) in [6.07, 6.45) is 1.04. The van der Waals surface area contributed by atoms with Crippen LogP contribution in [0.4, 0.5) is 0 Å². The van der Waals surface area contributed by atoms with Crippen LogP contribution in [0.3, 0.4) is 0 Å². The van der Waals surface area contributed by atoms with Crippen LogP contribution < -0.4 is 5.32 Å². The lowest BCUT2D eigenvalue weighted by molar-refractivity contribution is -0.133. The Morgan fingerprint density at radius 1 is 1.28 bits per heavy atom. The molecule has 1 aromatic rings. The molecule has 0 aliphatic heterocycles. The first-order valence-electron chi connectivity index (χ1n) is 6.75. The van der Waals surface area contributed by atoms with Gasteiger partial charge in [-0.25, -0.2) is 0 Å². The van der Waals surface area contributed by atoms with E-state index >= 15 is 0 Å². The molecule has 1 amide bonds. The fourth-order valence-electron chi connectivity index (χ4n) is 1.87. The van der Waals surface area contributed by atoms with E-state index in [1.165, 1.54) is 5.56 Å². The van der Waals surface area contributed by atoms with Gasteiger partial charge in [-0.3, -0.25) is 4.79 Å². The van der Waals surface area contributed by atoms with E-state index in [0.29, 0.717) is 6.54 Å². The lowest BCUT2D eigenvalue weighted by atomic mass is 10.2. The minimum absolute atomic E-state index is 0.103. The smallest absolute Gasteiger partial charge is 0.239 e. The Morgan fingerprint density at radius 3 is 2.50 bits per heavy atom. The van der Waals surface area contributed by atoms with Crippen molar-refractivity contribution in [1.29, 1.82) is 0 Å². The van der Waals surface area contributed by atoms with E-state index in [9.17, 15) is 4.79 Å². The first-order valence-corrected chi connectivity index (χ1v) is 6.75. The molecule has 0 aliphatic carbocycles. The molecule has 3 heteroatoms. The van der Waals surface area contributed by atoms with E-state index in [-0.39, 0.29) is 11.9 Å². The van der Waals surface area contributed by atoms with Crippen LogP contribution in [0.2, 0.25) is 0 Å². The molecule has 0 saturated heterocycles. The third kappa shape index (κ3) is 4.49. The summed E-state index contributed by atoms with van der Waals surface area (Å²) in [6.45, 7) is 8.38. The van der Waals surface area contributed by atoms with Crippen molar-refractivity contribution in [2.75, 3.05) is 13.1 Å². The number of rotatable bonds is 7. The summed E-state index contributed by atoms with van der Waals surface area (Å²) >= 11 is 0. The normalized spacial score (nSPS) is 12.2. The van der Waals surface area contributed by atoms with Crippen LogP contribution in [0.15, 0.2) is 30.3 Å². The van der Waals surface area contributed by atoms with Crippen LogP contribution in [0.1, 0.15) is 32.8 Å². The Morgan fingerprint density at radius 2 is 1.94 bits per heavy atom. The van der Waals surface area contributed by atoms with Crippen molar-refractivity contribution in [2.24, 2.45) is 0 Å². The predicted molar refractivity (Wildman–Crippen MR) is 75.3 cm³/mol. The summed E-state index contributed by atoms with van der Waals surface area (Å²) in [5, 5.41) is 3.24. The molecule has 0 bridgehead atoms. The van der Waals surface area contributed by atoms with Gasteiger partial charge in [0.2, 0.25) is 5.91 Å². The van der Waals surface area contributed by atoms with E-state index in [4.69, 9.17) is 0 Å². The maximum absolute atomic E-state index is 12.2. The highest BCUT2D eigenvalue weighted by molar-refractivity contribution is 5.81. The average Bonchev–Trinajstić information content (AvgIpc) is 2.42. The Hall–Kier alpha value is -1.35. The van der Waals surface area contributed by atoms with Crippen molar-refractivity contribution in [3.05, 3.63) is 35.9 Å². The van der Waals surface area contributed by atoms with Gasteiger partial charge >= 0.3 is 0 Å². The van der Waals surface area contributed by atoms with Gasteiger partial charge in [0, 0.05) is 13.1 Å². The monoisotopic (exact) mass is 248 g/mol. The molecule has 0 aliphatic rings. The second-order valence-corrected chi connectivity index (χ2v) is 4.51. The second-order valence-electron chi connectivity index (χ2n) is 4.51. The zero-order valence-electron chi connectivity index (χ0n) is 11.6. The fraction of sp³-hybridized carbons (Fsp3) is 0.533. The molecule has 0 aromatic heterocycles. The van der Waals surface area contributed by atoms with Gasteiger partial charge in [-0.15, -0.1) is 0 Å². The standard InChI is InChI=1S/C15H24N2O/c1-4-11-16-13(3)15(18)17(5-2)12-14-9-7-6-8-10-14/h6-10,13,16H,4-5,11-12H2,1-3H3. The lowest BCUT2D eigenvalue weighted by Gasteiger charge is -2.25. The summed E-state index contributed by atoms with van der Waals surface area (Å²) in [6, 6.07) is 10.0. The van der Waals surface area contributed by atoms with Gasteiger partial charge in [0.05, 0.1) is 6.04 Å². The zero-order valence-corrected chi connectivity index (χ0v) is 11.6. The number of carbonyl (C=O) groups is 1. The molecule has 3 nitrogen and oxygen atoms in total. The Bertz CT molecular complexity index is 351. The largest absolute Gasteiger partial charge is 0.337 e. The number of nitrogens with zero attached hydrogens (tertiary/aromatic N) is 1. The third-order valence-electron chi connectivity index (χ3n) is 2.98. The number of hydrogen-bond acceptors (Lipinski definition) is 2. The summed E-state index contributed by atoms with van der Waals surface area (Å²) in [4.78, 5) is 14.1. The lowest BCUT2D eigenvalue weighted by Crippen LogP contribution is -2.44. The molecule has 0 fully saturated rings. The minimum atomic E-state index is -0.103. The molecule has 1 N–H and O–H groups in total. The number of carbonyl (C=O) groups excluding carboxylic acids is 1. The molecule has 1 rings (SSSR count). The van der Waals surface area contributed by atoms with Crippen LogP contribution >= 0.6 is 0 Å². The van der Waals surface area contributed by atoms with Crippen molar-refractivity contribution in [2.45, 2.75) is 39.8 Å². The number of nitrogens with one attached hydrogen (secondary N) is 1. The molecular weight excluding hydrogens is 224 g/mol. The van der Waals surface area contributed by atoms with Crippen molar-refractivity contribution < 1.29 is 4.79 Å². The highest BCUT2D eigenvalue weighted by Crippen LogP contribution is 2.06. The van der Waals surface area contributed by atoms with Crippen LogP contribution in [-0.4, -0.2) is 29.9 Å². The topological polar surface area (TPSA) is 32.3 Å². The van der Waals surface area contributed by atoms with Crippen LogP contribution in [0, 0.1) is 0 Å². The van der Waals surface area contributed by atoms with Gasteiger partial charge in [0.25, 0.3) is 0 Å². The molecular formula is C15H24N2O. The van der Waals surface area contributed by atoms with E-state index in [1.807, 2.05) is 36.9 Å². The molecule has 18 heavy (non-hydrogen) atoms. The van der Waals surface area contributed by atoms with Gasteiger partial charge in [0.15, 0.2) is 0 Å². The van der Waals surface area contributed by atoms with E-state index in [0.717, 1.165) is 19.5 Å². The first kappa shape index (κ1) is 14.7.